The molecular formula is C21H19FN2O4S. The monoisotopic (exact) mass is 414 g/mol. The molecule has 0 aromatic heterocycles. The average Bonchev–Trinajstić information content (AvgIpc) is 2.70. The topological polar surface area (TPSA) is 84.5 Å². The smallest absolute Gasteiger partial charge is 0.262 e. The Morgan fingerprint density at radius 2 is 1.76 bits per heavy atom. The van der Waals surface area contributed by atoms with E-state index >= 15 is 0 Å². The van der Waals surface area contributed by atoms with Gasteiger partial charge in [-0.05, 0) is 48.0 Å². The minimum Gasteiger partial charge on any atom is -0.497 e. The van der Waals surface area contributed by atoms with Crippen LogP contribution in [0.15, 0.2) is 77.7 Å². The van der Waals surface area contributed by atoms with Crippen LogP contribution in [-0.4, -0.2) is 21.4 Å². The molecule has 3 aromatic carbocycles. The van der Waals surface area contributed by atoms with Gasteiger partial charge in [-0.2, -0.15) is 0 Å². The quantitative estimate of drug-likeness (QED) is 0.616. The lowest BCUT2D eigenvalue weighted by atomic mass is 10.1. The van der Waals surface area contributed by atoms with E-state index in [4.69, 9.17) is 4.74 Å². The first-order valence-corrected chi connectivity index (χ1v) is 10.2. The second kappa shape index (κ2) is 8.74. The Kier molecular flexibility index (Phi) is 6.13. The van der Waals surface area contributed by atoms with Crippen LogP contribution >= 0.6 is 0 Å². The van der Waals surface area contributed by atoms with Crippen molar-refractivity contribution in [2.24, 2.45) is 0 Å². The molecule has 0 fully saturated rings. The number of carbonyl (C=O) groups excluding carboxylic acids is 1. The van der Waals surface area contributed by atoms with Crippen molar-refractivity contribution in [1.29, 1.82) is 0 Å². The van der Waals surface area contributed by atoms with E-state index in [-0.39, 0.29) is 22.9 Å². The number of sulfonamides is 1. The summed E-state index contributed by atoms with van der Waals surface area (Å²) in [6, 6.07) is 18.3. The number of ether oxygens (including phenoxy) is 1. The van der Waals surface area contributed by atoms with Crippen LogP contribution in [0.2, 0.25) is 0 Å². The molecule has 2 N–H and O–H groups in total. The van der Waals surface area contributed by atoms with Crippen LogP contribution in [0.4, 0.5) is 15.8 Å². The standard InChI is InChI=1S/C21H19FN2O4S/c1-28-17-8-4-6-15(12-17)13-21(25)23-16-7-5-9-18(14-16)29(26,27)24-20-11-3-2-10-19(20)22/h2-12,14,24H,13H2,1H3,(H,23,25). The first kappa shape index (κ1) is 20.3. The summed E-state index contributed by atoms with van der Waals surface area (Å²) in [7, 11) is -2.48. The molecule has 0 aliphatic heterocycles. The Hall–Kier alpha value is -3.39. The number of carbonyl (C=O) groups is 1. The largest absolute Gasteiger partial charge is 0.497 e. The molecule has 1 amide bonds. The van der Waals surface area contributed by atoms with Crippen molar-refractivity contribution in [3.63, 3.8) is 0 Å². The molecule has 29 heavy (non-hydrogen) atoms. The van der Waals surface area contributed by atoms with Gasteiger partial charge in [0.05, 0.1) is 24.1 Å². The highest BCUT2D eigenvalue weighted by Crippen LogP contribution is 2.21. The SMILES string of the molecule is COc1cccc(CC(=O)Nc2cccc(S(=O)(=O)Nc3ccccc3F)c2)c1. The van der Waals surface area contributed by atoms with Crippen LogP contribution in [0.5, 0.6) is 5.75 Å². The van der Waals surface area contributed by atoms with Crippen molar-refractivity contribution in [2.75, 3.05) is 17.1 Å². The molecule has 0 aliphatic rings. The first-order valence-electron chi connectivity index (χ1n) is 8.67. The summed E-state index contributed by atoms with van der Waals surface area (Å²) in [6.45, 7) is 0. The van der Waals surface area contributed by atoms with Crippen LogP contribution in [0.1, 0.15) is 5.56 Å². The lowest BCUT2D eigenvalue weighted by molar-refractivity contribution is -0.115. The molecule has 0 spiro atoms. The highest BCUT2D eigenvalue weighted by Gasteiger charge is 2.17. The summed E-state index contributed by atoms with van der Waals surface area (Å²) in [5.41, 5.74) is 0.918. The molecule has 3 aromatic rings. The Morgan fingerprint density at radius 1 is 1.00 bits per heavy atom. The van der Waals surface area contributed by atoms with Gasteiger partial charge in [-0.3, -0.25) is 9.52 Å². The molecule has 6 nitrogen and oxygen atoms in total. The third-order valence-corrected chi connectivity index (χ3v) is 5.41. The van der Waals surface area contributed by atoms with Gasteiger partial charge in [-0.1, -0.05) is 30.3 Å². The van der Waals surface area contributed by atoms with Gasteiger partial charge in [0.25, 0.3) is 10.0 Å². The summed E-state index contributed by atoms with van der Waals surface area (Å²) in [6.07, 6.45) is 0.0989. The highest BCUT2D eigenvalue weighted by atomic mass is 32.2. The molecule has 0 heterocycles. The molecule has 8 heteroatoms. The Balaban J connectivity index is 1.73. The number of nitrogens with one attached hydrogen (secondary N) is 2. The summed E-state index contributed by atoms with van der Waals surface area (Å²) in [4.78, 5) is 12.2. The summed E-state index contributed by atoms with van der Waals surface area (Å²) < 4.78 is 46.2. The third kappa shape index (κ3) is 5.32. The second-order valence-corrected chi connectivity index (χ2v) is 7.87. The molecule has 0 unspecified atom stereocenters. The van der Waals surface area contributed by atoms with E-state index in [9.17, 15) is 17.6 Å². The van der Waals surface area contributed by atoms with Crippen molar-refractivity contribution in [1.82, 2.24) is 0 Å². The predicted molar refractivity (Wildman–Crippen MR) is 109 cm³/mol. The van der Waals surface area contributed by atoms with Crippen molar-refractivity contribution in [3.8, 4) is 5.75 Å². The van der Waals surface area contributed by atoms with Gasteiger partial charge in [-0.15, -0.1) is 0 Å². The van der Waals surface area contributed by atoms with Crippen LogP contribution < -0.4 is 14.8 Å². The molecule has 0 radical (unpaired) electrons. The molecular weight excluding hydrogens is 395 g/mol. The van der Waals surface area contributed by atoms with E-state index in [1.807, 2.05) is 0 Å². The van der Waals surface area contributed by atoms with Crippen molar-refractivity contribution in [3.05, 3.63) is 84.2 Å². The van der Waals surface area contributed by atoms with Gasteiger partial charge in [0.1, 0.15) is 11.6 Å². The first-order chi connectivity index (χ1) is 13.9. The molecule has 0 saturated heterocycles. The number of rotatable bonds is 7. The third-order valence-electron chi connectivity index (χ3n) is 4.05. The molecule has 150 valence electrons. The number of anilines is 2. The maximum Gasteiger partial charge on any atom is 0.262 e. The maximum atomic E-state index is 13.8. The molecule has 0 aliphatic carbocycles. The predicted octanol–water partition coefficient (Wildman–Crippen LogP) is 3.82. The lowest BCUT2D eigenvalue weighted by Crippen LogP contribution is -2.16. The Labute approximate surface area is 168 Å². The normalized spacial score (nSPS) is 11.0. The zero-order chi connectivity index (χ0) is 20.9. The van der Waals surface area contributed by atoms with E-state index in [2.05, 4.69) is 10.0 Å². The molecule has 0 bridgehead atoms. The number of para-hydroxylation sites is 1. The van der Waals surface area contributed by atoms with Crippen molar-refractivity contribution >= 4 is 27.3 Å². The molecule has 3 rings (SSSR count). The fraction of sp³-hybridized carbons (Fsp3) is 0.0952. The van der Waals surface area contributed by atoms with E-state index < -0.39 is 15.8 Å². The molecule has 0 atom stereocenters. The van der Waals surface area contributed by atoms with Gasteiger partial charge in [-0.25, -0.2) is 12.8 Å². The van der Waals surface area contributed by atoms with Crippen LogP contribution in [-0.2, 0) is 21.2 Å². The van der Waals surface area contributed by atoms with Crippen LogP contribution in [0, 0.1) is 5.82 Å². The summed E-state index contributed by atoms with van der Waals surface area (Å²) in [5.74, 6) is -0.351. The lowest BCUT2D eigenvalue weighted by Gasteiger charge is -2.11. The fourth-order valence-electron chi connectivity index (χ4n) is 2.66. The van der Waals surface area contributed by atoms with Crippen LogP contribution in [0.25, 0.3) is 0 Å². The van der Waals surface area contributed by atoms with Gasteiger partial charge >= 0.3 is 0 Å². The number of hydrogen-bond acceptors (Lipinski definition) is 4. The minimum absolute atomic E-state index is 0.0973. The maximum absolute atomic E-state index is 13.8. The van der Waals surface area contributed by atoms with Crippen molar-refractivity contribution < 1.29 is 22.3 Å². The van der Waals surface area contributed by atoms with Gasteiger partial charge in [0, 0.05) is 5.69 Å². The van der Waals surface area contributed by atoms with E-state index in [1.54, 1.807) is 37.4 Å². The molecule has 0 saturated carbocycles. The van der Waals surface area contributed by atoms with Gasteiger partial charge < -0.3 is 10.1 Å². The van der Waals surface area contributed by atoms with Gasteiger partial charge in [0.2, 0.25) is 5.91 Å². The number of hydrogen-bond donors (Lipinski definition) is 2. The highest BCUT2D eigenvalue weighted by molar-refractivity contribution is 7.92. The van der Waals surface area contributed by atoms with E-state index in [0.29, 0.717) is 11.4 Å². The zero-order valence-corrected chi connectivity index (χ0v) is 16.4. The zero-order valence-electron chi connectivity index (χ0n) is 15.6. The Morgan fingerprint density at radius 3 is 2.52 bits per heavy atom. The van der Waals surface area contributed by atoms with E-state index in [1.165, 1.54) is 36.4 Å². The van der Waals surface area contributed by atoms with E-state index in [0.717, 1.165) is 11.6 Å². The van der Waals surface area contributed by atoms with Crippen molar-refractivity contribution in [2.45, 2.75) is 11.3 Å². The number of methoxy groups -OCH3 is 1. The number of benzene rings is 3. The Bertz CT molecular complexity index is 1130. The minimum atomic E-state index is -4.02. The summed E-state index contributed by atoms with van der Waals surface area (Å²) >= 11 is 0. The fourth-order valence-corrected chi connectivity index (χ4v) is 3.77. The van der Waals surface area contributed by atoms with Crippen LogP contribution in [0.3, 0.4) is 0 Å². The van der Waals surface area contributed by atoms with Gasteiger partial charge in [0.15, 0.2) is 0 Å². The average molecular weight is 414 g/mol. The number of amides is 1. The second-order valence-electron chi connectivity index (χ2n) is 6.19. The number of halogens is 1. The summed E-state index contributed by atoms with van der Waals surface area (Å²) in [5, 5.41) is 2.67.